The number of carbonyl (C=O) groups excluding carboxylic acids is 1. The Balaban J connectivity index is 1.45. The van der Waals surface area contributed by atoms with Crippen LogP contribution in [-0.2, 0) is 0 Å². The number of aromatic nitrogens is 2. The van der Waals surface area contributed by atoms with Gasteiger partial charge in [-0.3, -0.25) is 0 Å². The Labute approximate surface area is 134 Å². The first-order chi connectivity index (χ1) is 11.2. The molecule has 0 saturated heterocycles. The number of aryl methyl sites for hydroxylation is 1. The summed E-state index contributed by atoms with van der Waals surface area (Å²) in [6, 6.07) is 15.1. The summed E-state index contributed by atoms with van der Waals surface area (Å²) in [5, 5.41) is 2.74. The van der Waals surface area contributed by atoms with E-state index in [-0.39, 0.29) is 6.03 Å². The average molecular weight is 310 g/mol. The number of imidazole rings is 1. The zero-order valence-electron chi connectivity index (χ0n) is 12.8. The van der Waals surface area contributed by atoms with Crippen LogP contribution in [0.5, 0.6) is 5.75 Å². The van der Waals surface area contributed by atoms with E-state index in [4.69, 9.17) is 4.74 Å². The van der Waals surface area contributed by atoms with Crippen LogP contribution >= 0.6 is 0 Å². The van der Waals surface area contributed by atoms with Gasteiger partial charge < -0.3 is 10.1 Å². The number of hydrogen-bond donors (Lipinski definition) is 2. The monoisotopic (exact) mass is 310 g/mol. The quantitative estimate of drug-likeness (QED) is 0.712. The SMILES string of the molecule is Cc1ccc(OCCNC(=O)Nn2cnc3ccccc32)cc1. The lowest BCUT2D eigenvalue weighted by Gasteiger charge is -2.10. The van der Waals surface area contributed by atoms with E-state index < -0.39 is 0 Å². The van der Waals surface area contributed by atoms with E-state index in [0.717, 1.165) is 16.8 Å². The number of nitrogens with zero attached hydrogens (tertiary/aromatic N) is 2. The van der Waals surface area contributed by atoms with Crippen LogP contribution in [0, 0.1) is 6.92 Å². The van der Waals surface area contributed by atoms with Gasteiger partial charge in [-0.2, -0.15) is 0 Å². The van der Waals surface area contributed by atoms with Crippen molar-refractivity contribution in [2.75, 3.05) is 18.6 Å². The summed E-state index contributed by atoms with van der Waals surface area (Å²) >= 11 is 0. The van der Waals surface area contributed by atoms with Crippen molar-refractivity contribution in [2.24, 2.45) is 0 Å². The lowest BCUT2D eigenvalue weighted by Crippen LogP contribution is -2.36. The van der Waals surface area contributed by atoms with E-state index >= 15 is 0 Å². The van der Waals surface area contributed by atoms with Crippen LogP contribution in [0.1, 0.15) is 5.56 Å². The van der Waals surface area contributed by atoms with Crippen molar-refractivity contribution in [3.63, 3.8) is 0 Å². The number of hydrogen-bond acceptors (Lipinski definition) is 3. The maximum Gasteiger partial charge on any atom is 0.334 e. The molecule has 1 heterocycles. The van der Waals surface area contributed by atoms with Crippen molar-refractivity contribution >= 4 is 17.1 Å². The third kappa shape index (κ3) is 3.79. The van der Waals surface area contributed by atoms with Gasteiger partial charge in [0.05, 0.1) is 17.6 Å². The molecular weight excluding hydrogens is 292 g/mol. The van der Waals surface area contributed by atoms with Crippen LogP contribution in [0.25, 0.3) is 11.0 Å². The molecule has 3 aromatic rings. The van der Waals surface area contributed by atoms with Gasteiger partial charge in [-0.25, -0.2) is 19.9 Å². The fourth-order valence-corrected chi connectivity index (χ4v) is 2.17. The highest BCUT2D eigenvalue weighted by atomic mass is 16.5. The number of carbonyl (C=O) groups is 1. The Morgan fingerprint density at radius 1 is 1.17 bits per heavy atom. The topological polar surface area (TPSA) is 68.2 Å². The normalized spacial score (nSPS) is 10.5. The third-order valence-electron chi connectivity index (χ3n) is 3.35. The smallest absolute Gasteiger partial charge is 0.334 e. The van der Waals surface area contributed by atoms with Gasteiger partial charge in [0.15, 0.2) is 0 Å². The van der Waals surface area contributed by atoms with Gasteiger partial charge in [-0.1, -0.05) is 29.8 Å². The standard InChI is InChI=1S/C17H18N4O2/c1-13-6-8-14(9-7-13)23-11-10-18-17(22)20-21-12-19-15-4-2-3-5-16(15)21/h2-9,12H,10-11H2,1H3,(H2,18,20,22). The molecule has 0 unspecified atom stereocenters. The van der Waals surface area contributed by atoms with E-state index in [1.165, 1.54) is 5.56 Å². The molecule has 0 aliphatic carbocycles. The molecule has 0 spiro atoms. The molecule has 2 N–H and O–H groups in total. The molecule has 0 radical (unpaired) electrons. The van der Waals surface area contributed by atoms with Crippen LogP contribution in [0.2, 0.25) is 0 Å². The molecule has 118 valence electrons. The lowest BCUT2D eigenvalue weighted by molar-refractivity contribution is 0.245. The molecule has 0 bridgehead atoms. The summed E-state index contributed by atoms with van der Waals surface area (Å²) in [5.74, 6) is 0.790. The molecule has 2 aromatic carbocycles. The summed E-state index contributed by atoms with van der Waals surface area (Å²) < 4.78 is 7.14. The van der Waals surface area contributed by atoms with Gasteiger partial charge >= 0.3 is 6.03 Å². The van der Waals surface area contributed by atoms with E-state index in [1.54, 1.807) is 11.0 Å². The van der Waals surface area contributed by atoms with Crippen LogP contribution in [0.4, 0.5) is 4.79 Å². The fraction of sp³-hybridized carbons (Fsp3) is 0.176. The van der Waals surface area contributed by atoms with Crippen LogP contribution in [0.15, 0.2) is 54.9 Å². The number of benzene rings is 2. The summed E-state index contributed by atoms with van der Waals surface area (Å²) in [6.07, 6.45) is 1.58. The zero-order chi connectivity index (χ0) is 16.1. The fourth-order valence-electron chi connectivity index (χ4n) is 2.17. The molecule has 0 aliphatic heterocycles. The molecule has 1 aromatic heterocycles. The number of fused-ring (bicyclic) bond motifs is 1. The maximum absolute atomic E-state index is 11.9. The summed E-state index contributed by atoms with van der Waals surface area (Å²) in [7, 11) is 0. The van der Waals surface area contributed by atoms with E-state index in [2.05, 4.69) is 15.7 Å². The average Bonchev–Trinajstić information content (AvgIpc) is 2.96. The molecule has 6 nitrogen and oxygen atoms in total. The second kappa shape index (κ2) is 6.83. The van der Waals surface area contributed by atoms with Crippen LogP contribution < -0.4 is 15.5 Å². The number of nitrogens with one attached hydrogen (secondary N) is 2. The highest BCUT2D eigenvalue weighted by molar-refractivity contribution is 5.84. The second-order valence-electron chi connectivity index (χ2n) is 5.13. The minimum Gasteiger partial charge on any atom is -0.492 e. The summed E-state index contributed by atoms with van der Waals surface area (Å²) in [5.41, 5.74) is 5.58. The summed E-state index contributed by atoms with van der Waals surface area (Å²) in [6.45, 7) is 2.84. The molecule has 3 rings (SSSR count). The van der Waals surface area contributed by atoms with Crippen LogP contribution in [0.3, 0.4) is 0 Å². The molecular formula is C17H18N4O2. The Morgan fingerprint density at radius 2 is 1.96 bits per heavy atom. The van der Waals surface area contributed by atoms with Gasteiger partial charge in [0, 0.05) is 0 Å². The van der Waals surface area contributed by atoms with Crippen molar-refractivity contribution in [1.29, 1.82) is 0 Å². The Bertz CT molecular complexity index is 796. The Kier molecular flexibility index (Phi) is 4.42. The number of para-hydroxylation sites is 2. The predicted octanol–water partition coefficient (Wildman–Crippen LogP) is 2.68. The highest BCUT2D eigenvalue weighted by Crippen LogP contribution is 2.11. The minimum absolute atomic E-state index is 0.305. The predicted molar refractivity (Wildman–Crippen MR) is 89.2 cm³/mol. The summed E-state index contributed by atoms with van der Waals surface area (Å²) in [4.78, 5) is 16.1. The maximum atomic E-state index is 11.9. The third-order valence-corrected chi connectivity index (χ3v) is 3.35. The van der Waals surface area contributed by atoms with Gasteiger partial charge in [-0.05, 0) is 31.2 Å². The van der Waals surface area contributed by atoms with Crippen molar-refractivity contribution in [3.8, 4) is 5.75 Å². The number of rotatable bonds is 5. The number of amides is 2. The van der Waals surface area contributed by atoms with Gasteiger partial charge in [0.1, 0.15) is 18.7 Å². The second-order valence-corrected chi connectivity index (χ2v) is 5.13. The van der Waals surface area contributed by atoms with Crippen molar-refractivity contribution in [3.05, 3.63) is 60.4 Å². The van der Waals surface area contributed by atoms with Crippen molar-refractivity contribution in [1.82, 2.24) is 15.0 Å². The van der Waals surface area contributed by atoms with Gasteiger partial charge in [0.2, 0.25) is 0 Å². The number of ether oxygens (including phenoxy) is 1. The van der Waals surface area contributed by atoms with Crippen LogP contribution in [-0.4, -0.2) is 28.8 Å². The van der Waals surface area contributed by atoms with Gasteiger partial charge in [0.25, 0.3) is 0 Å². The molecule has 6 heteroatoms. The molecule has 0 saturated carbocycles. The van der Waals surface area contributed by atoms with E-state index in [1.807, 2.05) is 55.5 Å². The molecule has 23 heavy (non-hydrogen) atoms. The minimum atomic E-state index is -0.305. The first kappa shape index (κ1) is 14.9. The molecule has 0 fully saturated rings. The molecule has 0 aliphatic rings. The van der Waals surface area contributed by atoms with Crippen molar-refractivity contribution < 1.29 is 9.53 Å². The van der Waals surface area contributed by atoms with Crippen molar-refractivity contribution in [2.45, 2.75) is 6.92 Å². The van der Waals surface area contributed by atoms with E-state index in [0.29, 0.717) is 13.2 Å². The van der Waals surface area contributed by atoms with Gasteiger partial charge in [-0.15, -0.1) is 0 Å². The van der Waals surface area contributed by atoms with E-state index in [9.17, 15) is 4.79 Å². The largest absolute Gasteiger partial charge is 0.492 e. The zero-order valence-corrected chi connectivity index (χ0v) is 12.8. The highest BCUT2D eigenvalue weighted by Gasteiger charge is 2.05. The first-order valence-corrected chi connectivity index (χ1v) is 7.39. The number of urea groups is 1. The Hall–Kier alpha value is -3.02. The first-order valence-electron chi connectivity index (χ1n) is 7.39. The molecule has 2 amide bonds. The molecule has 0 atom stereocenters. The lowest BCUT2D eigenvalue weighted by atomic mass is 10.2. The Morgan fingerprint density at radius 3 is 2.78 bits per heavy atom.